The van der Waals surface area contributed by atoms with Gasteiger partial charge in [0.05, 0.1) is 16.6 Å². The molecule has 0 radical (unpaired) electrons. The van der Waals surface area contributed by atoms with E-state index < -0.39 is 16.8 Å². The van der Waals surface area contributed by atoms with Crippen LogP contribution in [-0.2, 0) is 0 Å². The number of aliphatic hydroxyl groups excluding tert-OH is 1. The number of rotatable bonds is 3. The summed E-state index contributed by atoms with van der Waals surface area (Å²) in [6.45, 7) is 1.52. The van der Waals surface area contributed by atoms with Gasteiger partial charge in [-0.25, -0.2) is 4.39 Å². The fourth-order valence-corrected chi connectivity index (χ4v) is 1.54. The van der Waals surface area contributed by atoms with Crippen molar-refractivity contribution in [2.75, 3.05) is 0 Å². The number of hydrogen-bond acceptors (Lipinski definition) is 4. The highest BCUT2D eigenvalue weighted by Crippen LogP contribution is 2.29. The zero-order chi connectivity index (χ0) is 13.3. The molecule has 0 amide bonds. The quantitative estimate of drug-likeness (QED) is 0.671. The second kappa shape index (κ2) is 4.58. The molecular weight excluding hydrogens is 241 g/mol. The van der Waals surface area contributed by atoms with E-state index in [0.717, 1.165) is 6.07 Å². The number of benzene rings is 1. The van der Waals surface area contributed by atoms with Crippen LogP contribution in [0.5, 0.6) is 0 Å². The highest BCUT2D eigenvalue weighted by Gasteiger charge is 2.15. The van der Waals surface area contributed by atoms with E-state index >= 15 is 0 Å². The third-order valence-corrected chi connectivity index (χ3v) is 2.47. The van der Waals surface area contributed by atoms with Crippen molar-refractivity contribution in [1.29, 1.82) is 0 Å². The Morgan fingerprint density at radius 2 is 2.11 bits per heavy atom. The topological polar surface area (TPSA) is 76.5 Å². The summed E-state index contributed by atoms with van der Waals surface area (Å²) in [5.41, 5.74) is -0.203. The summed E-state index contributed by atoms with van der Waals surface area (Å²) in [5.74, 6) is -0.211. The van der Waals surface area contributed by atoms with Crippen molar-refractivity contribution >= 4 is 5.69 Å². The van der Waals surface area contributed by atoms with Crippen LogP contribution in [0.4, 0.5) is 10.1 Å². The van der Waals surface area contributed by atoms with Crippen molar-refractivity contribution in [3.63, 3.8) is 0 Å². The molecule has 18 heavy (non-hydrogen) atoms. The maximum absolute atomic E-state index is 13.7. The van der Waals surface area contributed by atoms with Gasteiger partial charge in [0.15, 0.2) is 0 Å². The summed E-state index contributed by atoms with van der Waals surface area (Å²) >= 11 is 0. The summed E-state index contributed by atoms with van der Waals surface area (Å²) in [4.78, 5) is 9.81. The lowest BCUT2D eigenvalue weighted by atomic mass is 10.1. The Balaban J connectivity index is 2.41. The van der Waals surface area contributed by atoms with Gasteiger partial charge >= 0.3 is 0 Å². The molecule has 0 aliphatic rings. The van der Waals surface area contributed by atoms with Gasteiger partial charge in [-0.3, -0.25) is 10.1 Å². The number of non-ortho nitro benzene ring substituents is 1. The van der Waals surface area contributed by atoms with Gasteiger partial charge in [0.2, 0.25) is 0 Å². The van der Waals surface area contributed by atoms with Crippen molar-refractivity contribution in [1.82, 2.24) is 0 Å². The first kappa shape index (κ1) is 12.3. The van der Waals surface area contributed by atoms with Gasteiger partial charge in [-0.15, -0.1) is 0 Å². The molecule has 0 fully saturated rings. The van der Waals surface area contributed by atoms with Crippen molar-refractivity contribution < 1.29 is 18.8 Å². The van der Waals surface area contributed by atoms with Gasteiger partial charge in [0.1, 0.15) is 23.4 Å². The maximum Gasteiger partial charge on any atom is 0.272 e. The van der Waals surface area contributed by atoms with Crippen LogP contribution in [0.3, 0.4) is 0 Å². The average Bonchev–Trinajstić information content (AvgIpc) is 2.78. The van der Waals surface area contributed by atoms with Gasteiger partial charge in [0, 0.05) is 6.07 Å². The maximum atomic E-state index is 13.7. The molecule has 1 aromatic heterocycles. The predicted molar refractivity (Wildman–Crippen MR) is 61.4 cm³/mol. The van der Waals surface area contributed by atoms with E-state index in [9.17, 15) is 19.6 Å². The van der Waals surface area contributed by atoms with Crippen LogP contribution >= 0.6 is 0 Å². The Kier molecular flexibility index (Phi) is 3.12. The largest absolute Gasteiger partial charge is 0.458 e. The van der Waals surface area contributed by atoms with Crippen LogP contribution < -0.4 is 0 Å². The molecule has 2 rings (SSSR count). The van der Waals surface area contributed by atoms with Gasteiger partial charge in [-0.1, -0.05) is 0 Å². The summed E-state index contributed by atoms with van der Waals surface area (Å²) in [5, 5.41) is 19.8. The van der Waals surface area contributed by atoms with E-state index in [1.54, 1.807) is 0 Å². The molecule has 2 aromatic rings. The Hall–Kier alpha value is -2.21. The van der Waals surface area contributed by atoms with E-state index in [-0.39, 0.29) is 17.0 Å². The number of nitro benzene ring substituents is 1. The normalized spacial score (nSPS) is 12.4. The standard InChI is InChI=1S/C12H10FNO4/c1-7(15)11-4-5-12(18-11)9-3-2-8(14(16)17)6-10(9)13/h2-7,15H,1H3. The molecule has 0 saturated heterocycles. The van der Waals surface area contributed by atoms with E-state index in [2.05, 4.69) is 0 Å². The Labute approximate surface area is 102 Å². The molecule has 1 atom stereocenters. The van der Waals surface area contributed by atoms with Gasteiger partial charge < -0.3 is 9.52 Å². The minimum Gasteiger partial charge on any atom is -0.458 e. The number of nitrogens with zero attached hydrogens (tertiary/aromatic N) is 1. The second-order valence-corrected chi connectivity index (χ2v) is 3.80. The lowest BCUT2D eigenvalue weighted by molar-refractivity contribution is -0.385. The number of hydrogen-bond donors (Lipinski definition) is 1. The van der Waals surface area contributed by atoms with E-state index in [4.69, 9.17) is 4.42 Å². The van der Waals surface area contributed by atoms with Crippen molar-refractivity contribution in [3.8, 4) is 11.3 Å². The first-order chi connectivity index (χ1) is 8.49. The summed E-state index contributed by atoms with van der Waals surface area (Å²) in [6, 6.07) is 6.34. The molecule has 1 N–H and O–H groups in total. The third-order valence-electron chi connectivity index (χ3n) is 2.47. The van der Waals surface area contributed by atoms with E-state index in [1.165, 1.54) is 31.2 Å². The molecule has 5 nitrogen and oxygen atoms in total. The average molecular weight is 251 g/mol. The fraction of sp³-hybridized carbons (Fsp3) is 0.167. The number of nitro groups is 1. The SMILES string of the molecule is CC(O)c1ccc(-c2ccc([N+](=O)[O-])cc2F)o1. The van der Waals surface area contributed by atoms with Gasteiger partial charge in [0.25, 0.3) is 5.69 Å². The summed E-state index contributed by atoms with van der Waals surface area (Å²) in [7, 11) is 0. The van der Waals surface area contributed by atoms with E-state index in [0.29, 0.717) is 5.76 Å². The minimum atomic E-state index is -0.792. The smallest absolute Gasteiger partial charge is 0.272 e. The monoisotopic (exact) mass is 251 g/mol. The molecular formula is C12H10FNO4. The zero-order valence-corrected chi connectivity index (χ0v) is 9.46. The molecule has 94 valence electrons. The van der Waals surface area contributed by atoms with Crippen molar-refractivity contribution in [2.45, 2.75) is 13.0 Å². The Morgan fingerprint density at radius 1 is 1.39 bits per heavy atom. The van der Waals surface area contributed by atoms with Crippen LogP contribution in [-0.4, -0.2) is 10.0 Å². The highest BCUT2D eigenvalue weighted by molar-refractivity contribution is 5.60. The van der Waals surface area contributed by atoms with Gasteiger partial charge in [-0.2, -0.15) is 0 Å². The van der Waals surface area contributed by atoms with Crippen molar-refractivity contribution in [3.05, 3.63) is 52.0 Å². The molecule has 1 unspecified atom stereocenters. The van der Waals surface area contributed by atoms with Crippen molar-refractivity contribution in [2.24, 2.45) is 0 Å². The Bertz CT molecular complexity index is 592. The predicted octanol–water partition coefficient (Wildman–Crippen LogP) is 3.05. The van der Waals surface area contributed by atoms with Gasteiger partial charge in [-0.05, 0) is 25.1 Å². The molecule has 1 aromatic carbocycles. The minimum absolute atomic E-state index is 0.118. The van der Waals surface area contributed by atoms with Crippen LogP contribution in [0.15, 0.2) is 34.7 Å². The third kappa shape index (κ3) is 2.23. The summed E-state index contributed by atoms with van der Waals surface area (Å²) in [6.07, 6.45) is -0.792. The zero-order valence-electron chi connectivity index (χ0n) is 9.46. The number of furan rings is 1. The lowest BCUT2D eigenvalue weighted by Crippen LogP contribution is -1.90. The fourth-order valence-electron chi connectivity index (χ4n) is 1.54. The first-order valence-electron chi connectivity index (χ1n) is 5.21. The lowest BCUT2D eigenvalue weighted by Gasteiger charge is -2.01. The number of aliphatic hydroxyl groups is 1. The molecule has 6 heteroatoms. The highest BCUT2D eigenvalue weighted by atomic mass is 19.1. The van der Waals surface area contributed by atoms with Crippen LogP contribution in [0, 0.1) is 15.9 Å². The molecule has 0 saturated carbocycles. The molecule has 0 bridgehead atoms. The van der Waals surface area contributed by atoms with Crippen LogP contribution in [0.2, 0.25) is 0 Å². The summed E-state index contributed by atoms with van der Waals surface area (Å²) < 4.78 is 18.9. The molecule has 0 aliphatic carbocycles. The van der Waals surface area contributed by atoms with Crippen LogP contribution in [0.25, 0.3) is 11.3 Å². The first-order valence-corrected chi connectivity index (χ1v) is 5.21. The Morgan fingerprint density at radius 3 is 2.61 bits per heavy atom. The number of halogens is 1. The second-order valence-electron chi connectivity index (χ2n) is 3.80. The molecule has 0 aliphatic heterocycles. The van der Waals surface area contributed by atoms with Crippen LogP contribution in [0.1, 0.15) is 18.8 Å². The molecule has 0 spiro atoms. The van der Waals surface area contributed by atoms with E-state index in [1.807, 2.05) is 0 Å². The molecule has 1 heterocycles.